The van der Waals surface area contributed by atoms with Gasteiger partial charge in [-0.3, -0.25) is 9.59 Å². The van der Waals surface area contributed by atoms with Crippen LogP contribution in [0.1, 0.15) is 380 Å². The zero-order valence-electron chi connectivity index (χ0n) is 52.0. The Kier molecular flexibility index (Phi) is 64.9. The zero-order chi connectivity index (χ0) is 55.7. The Hall–Kier alpha value is -1.92. The van der Waals surface area contributed by atoms with Crippen LogP contribution in [-0.2, 0) is 14.3 Å². The van der Waals surface area contributed by atoms with E-state index in [9.17, 15) is 19.8 Å². The Bertz CT molecular complexity index is 1250. The van der Waals surface area contributed by atoms with Crippen molar-refractivity contribution in [3.05, 3.63) is 36.5 Å². The standard InChI is InChI=1S/C71H135NO5/c1-3-5-7-9-11-13-15-17-19-21-29-32-35-39-43-47-51-55-59-63-69(74)68(67-73)72-70(75)64-60-56-52-48-44-40-36-33-30-27-25-23-22-24-26-28-31-34-38-42-46-50-54-58-62-66-77-71(76)65-61-57-53-49-45-41-37-20-18-16-14-12-10-8-6-4-2/h20,23-26,37,68-69,73-74H,3-19,21-22,27-36,38-67H2,1-2H3,(H,72,75)/b25-23-,26-24-,37-20-. The molecule has 0 spiro atoms. The summed E-state index contributed by atoms with van der Waals surface area (Å²) in [6, 6.07) is -0.547. The number of hydrogen-bond donors (Lipinski definition) is 3. The van der Waals surface area contributed by atoms with Gasteiger partial charge in [-0.05, 0) is 83.5 Å². The van der Waals surface area contributed by atoms with Crippen LogP contribution in [0.5, 0.6) is 0 Å². The van der Waals surface area contributed by atoms with Gasteiger partial charge in [-0.25, -0.2) is 0 Å². The first-order valence-electron chi connectivity index (χ1n) is 34.7. The van der Waals surface area contributed by atoms with E-state index in [1.54, 1.807) is 0 Å². The molecule has 1 amide bonds. The SMILES string of the molecule is CCCCCCCCC/C=C\CCCCCCCC(=O)OCCCCCCCCCCC/C=C\C/C=C\CCCCCCCCCCCC(=O)NC(CO)C(O)CCCCCCCCCCCCCCCCCCCCC. The summed E-state index contributed by atoms with van der Waals surface area (Å²) in [7, 11) is 0. The number of rotatable bonds is 65. The predicted octanol–water partition coefficient (Wildman–Crippen LogP) is 22.3. The lowest BCUT2D eigenvalue weighted by Crippen LogP contribution is -2.45. The van der Waals surface area contributed by atoms with E-state index >= 15 is 0 Å². The maximum atomic E-state index is 12.5. The molecule has 0 aromatic rings. The Morgan fingerprint density at radius 3 is 1.00 bits per heavy atom. The van der Waals surface area contributed by atoms with Crippen molar-refractivity contribution in [1.82, 2.24) is 5.32 Å². The highest BCUT2D eigenvalue weighted by molar-refractivity contribution is 5.76. The number of unbranched alkanes of at least 4 members (excludes halogenated alkanes) is 48. The summed E-state index contributed by atoms with van der Waals surface area (Å²) in [6.45, 7) is 4.97. The van der Waals surface area contributed by atoms with Crippen LogP contribution < -0.4 is 5.32 Å². The number of hydrogen-bond acceptors (Lipinski definition) is 5. The van der Waals surface area contributed by atoms with Crippen LogP contribution >= 0.6 is 0 Å². The number of ether oxygens (including phenoxy) is 1. The van der Waals surface area contributed by atoms with Gasteiger partial charge in [-0.1, -0.05) is 320 Å². The molecule has 0 saturated carbocycles. The van der Waals surface area contributed by atoms with Gasteiger partial charge >= 0.3 is 5.97 Å². The van der Waals surface area contributed by atoms with Crippen molar-refractivity contribution in [3.8, 4) is 0 Å². The first-order chi connectivity index (χ1) is 38.0. The lowest BCUT2D eigenvalue weighted by Gasteiger charge is -2.22. The third-order valence-corrected chi connectivity index (χ3v) is 16.2. The van der Waals surface area contributed by atoms with E-state index < -0.39 is 12.1 Å². The molecule has 6 nitrogen and oxygen atoms in total. The van der Waals surface area contributed by atoms with Gasteiger partial charge < -0.3 is 20.3 Å². The minimum Gasteiger partial charge on any atom is -0.466 e. The fourth-order valence-electron chi connectivity index (χ4n) is 10.8. The number of allylic oxidation sites excluding steroid dienone is 6. The maximum absolute atomic E-state index is 12.5. The van der Waals surface area contributed by atoms with E-state index in [4.69, 9.17) is 4.74 Å². The lowest BCUT2D eigenvalue weighted by molar-refractivity contribution is -0.143. The van der Waals surface area contributed by atoms with Crippen LogP contribution in [-0.4, -0.2) is 47.4 Å². The third-order valence-electron chi connectivity index (χ3n) is 16.2. The highest BCUT2D eigenvalue weighted by atomic mass is 16.5. The lowest BCUT2D eigenvalue weighted by atomic mass is 10.0. The molecule has 454 valence electrons. The number of aliphatic hydroxyl groups excluding tert-OH is 2. The molecule has 0 aromatic carbocycles. The van der Waals surface area contributed by atoms with Crippen molar-refractivity contribution in [3.63, 3.8) is 0 Å². The van der Waals surface area contributed by atoms with Gasteiger partial charge in [-0.2, -0.15) is 0 Å². The molecule has 0 saturated heterocycles. The van der Waals surface area contributed by atoms with Crippen LogP contribution in [0.4, 0.5) is 0 Å². The summed E-state index contributed by atoms with van der Waals surface area (Å²) >= 11 is 0. The molecule has 2 unspecified atom stereocenters. The Morgan fingerprint density at radius 2 is 0.649 bits per heavy atom. The molecule has 2 atom stereocenters. The average molecular weight is 1080 g/mol. The van der Waals surface area contributed by atoms with E-state index in [1.807, 2.05) is 0 Å². The van der Waals surface area contributed by atoms with E-state index in [-0.39, 0.29) is 18.5 Å². The second-order valence-electron chi connectivity index (χ2n) is 23.9. The Labute approximate surface area is 481 Å². The molecular weight excluding hydrogens is 947 g/mol. The maximum Gasteiger partial charge on any atom is 0.305 e. The summed E-state index contributed by atoms with van der Waals surface area (Å²) < 4.78 is 5.49. The molecule has 0 fully saturated rings. The molecule has 0 aromatic heterocycles. The zero-order valence-corrected chi connectivity index (χ0v) is 52.0. The van der Waals surface area contributed by atoms with Crippen molar-refractivity contribution in [2.24, 2.45) is 0 Å². The number of nitrogens with one attached hydrogen (secondary N) is 1. The van der Waals surface area contributed by atoms with E-state index in [2.05, 4.69) is 55.6 Å². The first-order valence-corrected chi connectivity index (χ1v) is 34.7. The summed E-state index contributed by atoms with van der Waals surface area (Å²) in [4.78, 5) is 24.6. The number of carbonyl (C=O) groups excluding carboxylic acids is 2. The topological polar surface area (TPSA) is 95.9 Å². The number of amides is 1. The highest BCUT2D eigenvalue weighted by Gasteiger charge is 2.20. The molecule has 0 heterocycles. The Balaban J connectivity index is 3.43. The van der Waals surface area contributed by atoms with Gasteiger partial charge in [0.25, 0.3) is 0 Å². The normalized spacial score (nSPS) is 12.7. The van der Waals surface area contributed by atoms with Crippen molar-refractivity contribution in [1.29, 1.82) is 0 Å². The summed E-state index contributed by atoms with van der Waals surface area (Å²) in [5.41, 5.74) is 0. The van der Waals surface area contributed by atoms with Crippen LogP contribution in [0.25, 0.3) is 0 Å². The van der Waals surface area contributed by atoms with Gasteiger partial charge in [0.05, 0.1) is 25.4 Å². The summed E-state index contributed by atoms with van der Waals surface area (Å²) in [6.07, 6.45) is 84.6. The molecule has 0 aliphatic carbocycles. The number of carbonyl (C=O) groups is 2. The van der Waals surface area contributed by atoms with Gasteiger partial charge in [0.2, 0.25) is 5.91 Å². The quantitative estimate of drug-likeness (QED) is 0.0320. The number of esters is 1. The molecule has 0 rings (SSSR count). The fraction of sp³-hybridized carbons (Fsp3) is 0.887. The van der Waals surface area contributed by atoms with Gasteiger partial charge in [-0.15, -0.1) is 0 Å². The van der Waals surface area contributed by atoms with Crippen molar-refractivity contribution in [2.45, 2.75) is 392 Å². The molecule has 6 heteroatoms. The average Bonchev–Trinajstić information content (AvgIpc) is 3.43. The Morgan fingerprint density at radius 1 is 0.364 bits per heavy atom. The van der Waals surface area contributed by atoms with Crippen LogP contribution in [0.3, 0.4) is 0 Å². The molecule has 3 N–H and O–H groups in total. The van der Waals surface area contributed by atoms with E-state index in [0.717, 1.165) is 51.4 Å². The molecular formula is C71H135NO5. The second-order valence-corrected chi connectivity index (χ2v) is 23.9. The first kappa shape index (κ1) is 75.1. The van der Waals surface area contributed by atoms with Crippen LogP contribution in [0.15, 0.2) is 36.5 Å². The molecule has 0 aliphatic heterocycles. The number of aliphatic hydroxyl groups is 2. The minimum atomic E-state index is -0.670. The largest absolute Gasteiger partial charge is 0.466 e. The summed E-state index contributed by atoms with van der Waals surface area (Å²) in [5.74, 6) is -0.0358. The minimum absolute atomic E-state index is 0.00213. The monoisotopic (exact) mass is 1080 g/mol. The third kappa shape index (κ3) is 63.1. The molecule has 0 radical (unpaired) electrons. The summed E-state index contributed by atoms with van der Waals surface area (Å²) in [5, 5.41) is 23.4. The smallest absolute Gasteiger partial charge is 0.305 e. The van der Waals surface area contributed by atoms with Crippen molar-refractivity contribution >= 4 is 11.9 Å². The van der Waals surface area contributed by atoms with Crippen molar-refractivity contribution < 1.29 is 24.5 Å². The van der Waals surface area contributed by atoms with Crippen LogP contribution in [0, 0.1) is 0 Å². The van der Waals surface area contributed by atoms with E-state index in [0.29, 0.717) is 25.9 Å². The van der Waals surface area contributed by atoms with E-state index in [1.165, 1.54) is 295 Å². The van der Waals surface area contributed by atoms with Crippen molar-refractivity contribution in [2.75, 3.05) is 13.2 Å². The van der Waals surface area contributed by atoms with Crippen LogP contribution in [0.2, 0.25) is 0 Å². The van der Waals surface area contributed by atoms with Gasteiger partial charge in [0.1, 0.15) is 0 Å². The predicted molar refractivity (Wildman–Crippen MR) is 338 cm³/mol. The second kappa shape index (κ2) is 66.6. The highest BCUT2D eigenvalue weighted by Crippen LogP contribution is 2.18. The van der Waals surface area contributed by atoms with Gasteiger partial charge in [0, 0.05) is 12.8 Å². The fourth-order valence-corrected chi connectivity index (χ4v) is 10.8. The molecule has 77 heavy (non-hydrogen) atoms. The molecule has 0 bridgehead atoms. The van der Waals surface area contributed by atoms with Gasteiger partial charge in [0.15, 0.2) is 0 Å². The molecule has 0 aliphatic rings.